The zero-order valence-corrected chi connectivity index (χ0v) is 15.2. The molecule has 0 aromatic rings. The number of hydrogen-bond donors (Lipinski definition) is 3. The molecule has 0 heterocycles. The SMILES string of the molecule is CCOCCCNC(N)=NCC(=O)NC1CCCCC1.I. The van der Waals surface area contributed by atoms with Crippen LogP contribution in [0.15, 0.2) is 4.99 Å². The molecule has 0 atom stereocenters. The quantitative estimate of drug-likeness (QED) is 0.243. The summed E-state index contributed by atoms with van der Waals surface area (Å²) in [5, 5.41) is 5.98. The molecule has 1 saturated carbocycles. The molecule has 1 rings (SSSR count). The van der Waals surface area contributed by atoms with E-state index in [4.69, 9.17) is 10.5 Å². The summed E-state index contributed by atoms with van der Waals surface area (Å²) < 4.78 is 5.21. The summed E-state index contributed by atoms with van der Waals surface area (Å²) in [6, 6.07) is 0.326. The van der Waals surface area contributed by atoms with Crippen molar-refractivity contribution in [2.24, 2.45) is 10.7 Å². The number of carbonyl (C=O) groups excluding carboxylic acids is 1. The van der Waals surface area contributed by atoms with Crippen LogP contribution in [-0.2, 0) is 9.53 Å². The summed E-state index contributed by atoms with van der Waals surface area (Å²) in [4.78, 5) is 15.7. The Bertz CT molecular complexity index is 307. The number of amides is 1. The van der Waals surface area contributed by atoms with Crippen molar-refractivity contribution in [3.8, 4) is 0 Å². The Balaban J connectivity index is 0.00000400. The highest BCUT2D eigenvalue weighted by Crippen LogP contribution is 2.17. The standard InChI is InChI=1S/C14H28N4O2.HI/c1-2-20-10-6-9-16-14(15)17-11-13(19)18-12-7-4-3-5-8-12;/h12H,2-11H2,1H3,(H,18,19)(H3,15,16,17);1H. The summed E-state index contributed by atoms with van der Waals surface area (Å²) in [6.07, 6.45) is 6.73. The van der Waals surface area contributed by atoms with E-state index in [1.54, 1.807) is 0 Å². The van der Waals surface area contributed by atoms with E-state index in [0.717, 1.165) is 25.9 Å². The molecule has 4 N–H and O–H groups in total. The van der Waals surface area contributed by atoms with Gasteiger partial charge in [0.05, 0.1) is 0 Å². The summed E-state index contributed by atoms with van der Waals surface area (Å²) in [5.41, 5.74) is 5.69. The second-order valence-electron chi connectivity index (χ2n) is 5.08. The molecule has 0 aromatic heterocycles. The van der Waals surface area contributed by atoms with Crippen molar-refractivity contribution in [1.29, 1.82) is 0 Å². The fraction of sp³-hybridized carbons (Fsp3) is 0.857. The Labute approximate surface area is 144 Å². The van der Waals surface area contributed by atoms with Crippen LogP contribution in [0.25, 0.3) is 0 Å². The third-order valence-electron chi connectivity index (χ3n) is 3.34. The van der Waals surface area contributed by atoms with E-state index < -0.39 is 0 Å². The Morgan fingerprint density at radius 3 is 2.71 bits per heavy atom. The number of rotatable bonds is 8. The molecule has 0 saturated heterocycles. The first-order valence-electron chi connectivity index (χ1n) is 7.63. The molecule has 0 aromatic carbocycles. The van der Waals surface area contributed by atoms with Crippen LogP contribution in [0.5, 0.6) is 0 Å². The van der Waals surface area contributed by atoms with Crippen molar-refractivity contribution in [3.05, 3.63) is 0 Å². The normalized spacial score (nSPS) is 16.1. The summed E-state index contributed by atoms with van der Waals surface area (Å²) in [7, 11) is 0. The molecule has 1 amide bonds. The maximum atomic E-state index is 11.7. The van der Waals surface area contributed by atoms with Crippen molar-refractivity contribution in [2.45, 2.75) is 51.5 Å². The summed E-state index contributed by atoms with van der Waals surface area (Å²) >= 11 is 0. The van der Waals surface area contributed by atoms with Gasteiger partial charge in [-0.05, 0) is 26.2 Å². The van der Waals surface area contributed by atoms with Gasteiger partial charge in [-0.3, -0.25) is 4.79 Å². The van der Waals surface area contributed by atoms with Gasteiger partial charge in [0.25, 0.3) is 0 Å². The van der Waals surface area contributed by atoms with Crippen LogP contribution in [0, 0.1) is 0 Å². The molecule has 0 unspecified atom stereocenters. The molecular formula is C14H29IN4O2. The average molecular weight is 412 g/mol. The van der Waals surface area contributed by atoms with Gasteiger partial charge in [-0.15, -0.1) is 24.0 Å². The Kier molecular flexibility index (Phi) is 12.8. The molecule has 7 heteroatoms. The number of nitrogens with two attached hydrogens (primary N) is 1. The Morgan fingerprint density at radius 2 is 2.05 bits per heavy atom. The van der Waals surface area contributed by atoms with E-state index in [2.05, 4.69) is 15.6 Å². The van der Waals surface area contributed by atoms with Gasteiger partial charge in [0.2, 0.25) is 5.91 Å². The smallest absolute Gasteiger partial charge is 0.242 e. The van der Waals surface area contributed by atoms with Crippen molar-refractivity contribution >= 4 is 35.8 Å². The molecular weight excluding hydrogens is 383 g/mol. The first kappa shape index (κ1) is 20.4. The Hall–Kier alpha value is -0.570. The number of aliphatic imine (C=N–C) groups is 1. The molecule has 0 radical (unpaired) electrons. The molecule has 124 valence electrons. The molecule has 1 aliphatic carbocycles. The number of hydrogen-bond acceptors (Lipinski definition) is 3. The fourth-order valence-corrected chi connectivity index (χ4v) is 2.27. The monoisotopic (exact) mass is 412 g/mol. The minimum absolute atomic E-state index is 0. The molecule has 1 fully saturated rings. The highest BCUT2D eigenvalue weighted by molar-refractivity contribution is 14.0. The van der Waals surface area contributed by atoms with Crippen molar-refractivity contribution in [2.75, 3.05) is 26.3 Å². The van der Waals surface area contributed by atoms with Gasteiger partial charge in [0.1, 0.15) is 6.54 Å². The third kappa shape index (κ3) is 10.8. The number of ether oxygens (including phenoxy) is 1. The zero-order chi connectivity index (χ0) is 14.6. The maximum absolute atomic E-state index is 11.7. The van der Waals surface area contributed by atoms with E-state index in [1.165, 1.54) is 19.3 Å². The number of nitrogens with zero attached hydrogens (tertiary/aromatic N) is 1. The maximum Gasteiger partial charge on any atom is 0.242 e. The van der Waals surface area contributed by atoms with Gasteiger partial charge in [-0.1, -0.05) is 19.3 Å². The second kappa shape index (κ2) is 13.1. The summed E-state index contributed by atoms with van der Waals surface area (Å²) in [5.74, 6) is 0.274. The molecule has 1 aliphatic rings. The summed E-state index contributed by atoms with van der Waals surface area (Å²) in [6.45, 7) is 4.21. The topological polar surface area (TPSA) is 88.7 Å². The van der Waals surface area contributed by atoms with Crippen LogP contribution >= 0.6 is 24.0 Å². The Morgan fingerprint density at radius 1 is 1.33 bits per heavy atom. The highest BCUT2D eigenvalue weighted by atomic mass is 127. The largest absolute Gasteiger partial charge is 0.382 e. The van der Waals surface area contributed by atoms with Crippen molar-refractivity contribution in [3.63, 3.8) is 0 Å². The average Bonchev–Trinajstić information content (AvgIpc) is 2.46. The molecule has 0 bridgehead atoms. The van der Waals surface area contributed by atoms with Gasteiger partial charge in [-0.2, -0.15) is 0 Å². The minimum atomic E-state index is -0.0454. The number of nitrogens with one attached hydrogen (secondary N) is 2. The van der Waals surface area contributed by atoms with Crippen LogP contribution in [0.4, 0.5) is 0 Å². The highest BCUT2D eigenvalue weighted by Gasteiger charge is 2.15. The number of halogens is 1. The molecule has 0 aliphatic heterocycles. The van der Waals surface area contributed by atoms with Gasteiger partial charge < -0.3 is 21.1 Å². The van der Waals surface area contributed by atoms with Crippen LogP contribution in [0.1, 0.15) is 45.4 Å². The van der Waals surface area contributed by atoms with Gasteiger partial charge >= 0.3 is 0 Å². The first-order valence-corrected chi connectivity index (χ1v) is 7.63. The lowest BCUT2D eigenvalue weighted by molar-refractivity contribution is -0.120. The molecule has 21 heavy (non-hydrogen) atoms. The lowest BCUT2D eigenvalue weighted by atomic mass is 9.95. The number of carbonyl (C=O) groups is 1. The molecule has 0 spiro atoms. The predicted molar refractivity (Wildman–Crippen MR) is 96.0 cm³/mol. The lowest BCUT2D eigenvalue weighted by Gasteiger charge is -2.22. The van der Waals surface area contributed by atoms with E-state index >= 15 is 0 Å². The van der Waals surface area contributed by atoms with Crippen LogP contribution in [0.2, 0.25) is 0 Å². The van der Waals surface area contributed by atoms with Gasteiger partial charge in [0.15, 0.2) is 5.96 Å². The van der Waals surface area contributed by atoms with Crippen LogP contribution < -0.4 is 16.4 Å². The molecule has 6 nitrogen and oxygen atoms in total. The van der Waals surface area contributed by atoms with E-state index in [9.17, 15) is 4.79 Å². The van der Waals surface area contributed by atoms with E-state index in [0.29, 0.717) is 25.2 Å². The third-order valence-corrected chi connectivity index (χ3v) is 3.34. The van der Waals surface area contributed by atoms with E-state index in [1.807, 2.05) is 6.92 Å². The zero-order valence-electron chi connectivity index (χ0n) is 12.9. The van der Waals surface area contributed by atoms with Crippen LogP contribution in [-0.4, -0.2) is 44.2 Å². The van der Waals surface area contributed by atoms with E-state index in [-0.39, 0.29) is 36.4 Å². The first-order chi connectivity index (χ1) is 9.72. The second-order valence-corrected chi connectivity index (χ2v) is 5.08. The predicted octanol–water partition coefficient (Wildman–Crippen LogP) is 1.38. The number of guanidine groups is 1. The minimum Gasteiger partial charge on any atom is -0.382 e. The van der Waals surface area contributed by atoms with Gasteiger partial charge in [0, 0.05) is 25.8 Å². The van der Waals surface area contributed by atoms with Crippen LogP contribution in [0.3, 0.4) is 0 Å². The fourth-order valence-electron chi connectivity index (χ4n) is 2.27. The lowest BCUT2D eigenvalue weighted by Crippen LogP contribution is -2.39. The van der Waals surface area contributed by atoms with Crippen molar-refractivity contribution < 1.29 is 9.53 Å². The van der Waals surface area contributed by atoms with Gasteiger partial charge in [-0.25, -0.2) is 4.99 Å². The van der Waals surface area contributed by atoms with Crippen molar-refractivity contribution in [1.82, 2.24) is 10.6 Å².